The number of hydrogen-bond donors (Lipinski definition) is 0. The van der Waals surface area contributed by atoms with Crippen LogP contribution in [0.15, 0.2) is 42.5 Å². The van der Waals surface area contributed by atoms with Crippen molar-refractivity contribution >= 4 is 44.7 Å². The molecule has 0 fully saturated rings. The number of alkyl halides is 3. The first kappa shape index (κ1) is 23.1. The lowest BCUT2D eigenvalue weighted by Gasteiger charge is -2.18. The Morgan fingerprint density at radius 3 is 2.34 bits per heavy atom. The third-order valence-corrected chi connectivity index (χ3v) is 5.56. The molecular weight excluding hydrogens is 450 g/mol. The molecule has 0 N–H and O–H groups in total. The average molecular weight is 464 g/mol. The third kappa shape index (κ3) is 5.66. The molecule has 0 aliphatic heterocycles. The number of nitriles is 1. The molecule has 10 heteroatoms. The molecule has 0 saturated heterocycles. The first-order valence-electron chi connectivity index (χ1n) is 8.18. The molecule has 0 aromatic heterocycles. The molecule has 29 heavy (non-hydrogen) atoms. The van der Waals surface area contributed by atoms with Crippen molar-refractivity contribution in [3.63, 3.8) is 0 Å². The maximum atomic E-state index is 13.5. The summed E-state index contributed by atoms with van der Waals surface area (Å²) in [7, 11) is -4.27. The van der Waals surface area contributed by atoms with Crippen LogP contribution in [-0.2, 0) is 20.5 Å². The molecule has 0 aliphatic carbocycles. The van der Waals surface area contributed by atoms with Gasteiger partial charge < -0.3 is 4.18 Å². The van der Waals surface area contributed by atoms with Crippen LogP contribution in [0.4, 0.5) is 13.2 Å². The van der Waals surface area contributed by atoms with Gasteiger partial charge in [-0.3, -0.25) is 0 Å². The van der Waals surface area contributed by atoms with Gasteiger partial charge in [-0.25, -0.2) is 0 Å². The van der Waals surface area contributed by atoms with Gasteiger partial charge >= 0.3 is 16.3 Å². The predicted octanol–water partition coefficient (Wildman–Crippen LogP) is 6.16. The molecule has 0 bridgehead atoms. The van der Waals surface area contributed by atoms with Crippen LogP contribution in [-0.4, -0.2) is 14.2 Å². The van der Waals surface area contributed by atoms with E-state index < -0.39 is 44.5 Å². The van der Waals surface area contributed by atoms with Crippen LogP contribution in [0.5, 0.6) is 0 Å². The summed E-state index contributed by atoms with van der Waals surface area (Å²) in [5.74, 6) is -1.20. The molecule has 0 spiro atoms. The predicted molar refractivity (Wildman–Crippen MR) is 105 cm³/mol. The summed E-state index contributed by atoms with van der Waals surface area (Å²) in [6.07, 6.45) is -4.65. The second-order valence-electron chi connectivity index (χ2n) is 5.83. The Balaban J connectivity index is 2.88. The fraction of sp³-hybridized carbons (Fsp3) is 0.211. The molecule has 0 unspecified atom stereocenters. The first-order chi connectivity index (χ1) is 13.5. The standard InChI is InChI=1S/C19H14Cl2F3NO3S/c1-2-9-29(26,27)28-18(14-5-3-4-6-16(14)19(22,23)24)15(11-25)13-8-7-12(20)10-17(13)21/h3-8,10H,2,9H2,1H3. The minimum Gasteiger partial charge on any atom is -0.380 e. The average Bonchev–Trinajstić information content (AvgIpc) is 2.62. The van der Waals surface area contributed by atoms with Gasteiger partial charge in [-0.15, -0.1) is 0 Å². The molecule has 154 valence electrons. The van der Waals surface area contributed by atoms with Crippen LogP contribution in [0.1, 0.15) is 30.0 Å². The fourth-order valence-corrected chi connectivity index (χ4v) is 4.01. The van der Waals surface area contributed by atoms with E-state index in [2.05, 4.69) is 0 Å². The van der Waals surface area contributed by atoms with Gasteiger partial charge in [0.15, 0.2) is 5.76 Å². The van der Waals surface area contributed by atoms with Crippen LogP contribution in [0.25, 0.3) is 11.3 Å². The van der Waals surface area contributed by atoms with Crippen LogP contribution in [0.2, 0.25) is 10.0 Å². The summed E-state index contributed by atoms with van der Waals surface area (Å²) >= 11 is 11.9. The van der Waals surface area contributed by atoms with Gasteiger partial charge in [-0.1, -0.05) is 54.4 Å². The molecule has 0 aliphatic rings. The molecule has 0 atom stereocenters. The SMILES string of the molecule is CCCS(=O)(=O)OC(=C(C#N)c1ccc(Cl)cc1Cl)c1ccccc1C(F)(F)F. The maximum Gasteiger partial charge on any atom is 0.417 e. The van der Waals surface area contributed by atoms with E-state index in [0.717, 1.165) is 18.2 Å². The molecule has 0 radical (unpaired) electrons. The number of nitrogens with zero attached hydrogens (tertiary/aromatic N) is 1. The van der Waals surface area contributed by atoms with E-state index in [0.29, 0.717) is 0 Å². The minimum absolute atomic E-state index is 0.0164. The quantitative estimate of drug-likeness (QED) is 0.222. The van der Waals surface area contributed by atoms with E-state index in [1.165, 1.54) is 24.3 Å². The highest BCUT2D eigenvalue weighted by atomic mass is 35.5. The number of benzene rings is 2. The van der Waals surface area contributed by atoms with E-state index in [4.69, 9.17) is 27.4 Å². The Morgan fingerprint density at radius 1 is 1.14 bits per heavy atom. The van der Waals surface area contributed by atoms with Crippen LogP contribution in [0, 0.1) is 11.3 Å². The summed E-state index contributed by atoms with van der Waals surface area (Å²) in [6, 6.07) is 9.88. The van der Waals surface area contributed by atoms with Gasteiger partial charge in [0.2, 0.25) is 0 Å². The summed E-state index contributed by atoms with van der Waals surface area (Å²) in [6.45, 7) is 1.56. The van der Waals surface area contributed by atoms with Crippen LogP contribution >= 0.6 is 23.2 Å². The summed E-state index contributed by atoms with van der Waals surface area (Å²) < 4.78 is 70.2. The highest BCUT2D eigenvalue weighted by Gasteiger charge is 2.36. The maximum absolute atomic E-state index is 13.5. The number of halogens is 5. The third-order valence-electron chi connectivity index (χ3n) is 3.68. The van der Waals surface area contributed by atoms with E-state index in [-0.39, 0.29) is 22.0 Å². The molecule has 2 rings (SSSR count). The summed E-state index contributed by atoms with van der Waals surface area (Å²) in [4.78, 5) is 0. The van der Waals surface area contributed by atoms with E-state index >= 15 is 0 Å². The van der Waals surface area contributed by atoms with Gasteiger partial charge in [0.25, 0.3) is 0 Å². The lowest BCUT2D eigenvalue weighted by molar-refractivity contribution is -0.137. The Kier molecular flexibility index (Phi) is 7.22. The molecule has 2 aromatic rings. The van der Waals surface area contributed by atoms with Crippen LogP contribution < -0.4 is 0 Å². The molecule has 4 nitrogen and oxygen atoms in total. The zero-order chi connectivity index (χ0) is 21.8. The Hall–Kier alpha value is -2.21. The Labute approximate surface area is 176 Å². The molecule has 2 aromatic carbocycles. The lowest BCUT2D eigenvalue weighted by Crippen LogP contribution is -2.14. The largest absolute Gasteiger partial charge is 0.417 e. The number of rotatable bonds is 6. The van der Waals surface area contributed by atoms with Gasteiger partial charge in [-0.2, -0.15) is 26.9 Å². The van der Waals surface area contributed by atoms with Crippen molar-refractivity contribution in [3.8, 4) is 6.07 Å². The zero-order valence-electron chi connectivity index (χ0n) is 14.9. The Morgan fingerprint density at radius 2 is 1.79 bits per heavy atom. The zero-order valence-corrected chi connectivity index (χ0v) is 17.3. The van der Waals surface area contributed by atoms with Crippen molar-refractivity contribution in [1.82, 2.24) is 0 Å². The lowest BCUT2D eigenvalue weighted by atomic mass is 9.98. The van der Waals surface area contributed by atoms with Gasteiger partial charge in [0.1, 0.15) is 11.6 Å². The van der Waals surface area contributed by atoms with Crippen molar-refractivity contribution in [1.29, 1.82) is 5.26 Å². The van der Waals surface area contributed by atoms with E-state index in [9.17, 15) is 26.9 Å². The van der Waals surface area contributed by atoms with Crippen molar-refractivity contribution < 1.29 is 25.8 Å². The van der Waals surface area contributed by atoms with Gasteiger partial charge in [0.05, 0.1) is 16.3 Å². The van der Waals surface area contributed by atoms with Crippen molar-refractivity contribution in [2.24, 2.45) is 0 Å². The summed E-state index contributed by atoms with van der Waals surface area (Å²) in [5.41, 5.74) is -2.23. The smallest absolute Gasteiger partial charge is 0.380 e. The normalized spacial score (nSPS) is 12.9. The van der Waals surface area contributed by atoms with Crippen molar-refractivity contribution in [3.05, 3.63) is 69.2 Å². The number of hydrogen-bond acceptors (Lipinski definition) is 4. The highest BCUT2D eigenvalue weighted by molar-refractivity contribution is 7.86. The van der Waals surface area contributed by atoms with E-state index in [1.54, 1.807) is 13.0 Å². The number of allylic oxidation sites excluding steroid dienone is 1. The second-order valence-corrected chi connectivity index (χ2v) is 8.36. The highest BCUT2D eigenvalue weighted by Crippen LogP contribution is 2.40. The molecule has 0 amide bonds. The molecule has 0 saturated carbocycles. The summed E-state index contributed by atoms with van der Waals surface area (Å²) in [5, 5.41) is 9.85. The van der Waals surface area contributed by atoms with Crippen molar-refractivity contribution in [2.75, 3.05) is 5.75 Å². The first-order valence-corrected chi connectivity index (χ1v) is 10.5. The second kappa shape index (κ2) is 9.08. The van der Waals surface area contributed by atoms with Gasteiger partial charge in [0, 0.05) is 16.1 Å². The van der Waals surface area contributed by atoms with Crippen LogP contribution in [0.3, 0.4) is 0 Å². The molecule has 0 heterocycles. The Bertz CT molecular complexity index is 1090. The monoisotopic (exact) mass is 463 g/mol. The minimum atomic E-state index is -4.82. The van der Waals surface area contributed by atoms with Gasteiger partial charge in [-0.05, 0) is 24.6 Å². The van der Waals surface area contributed by atoms with Crippen molar-refractivity contribution in [2.45, 2.75) is 19.5 Å². The topological polar surface area (TPSA) is 67.2 Å². The molecular formula is C19H14Cl2F3NO3S. The fourth-order valence-electron chi connectivity index (χ4n) is 2.49. The van der Waals surface area contributed by atoms with E-state index in [1.807, 2.05) is 0 Å².